The Morgan fingerprint density at radius 3 is 2.65 bits per heavy atom. The standard InChI is InChI=1S/C15H17N3O2/c1-10-11(2)17-14-8-12(4-5-13(14)16-10)15(19)18-6-3-7-20-9-18/h4-5,8H,3,6-7,9H2,1-2H3. The number of ether oxygens (including phenoxy) is 1. The third-order valence-corrected chi connectivity index (χ3v) is 3.57. The molecule has 0 radical (unpaired) electrons. The van der Waals surface area contributed by atoms with Crippen molar-refractivity contribution in [1.82, 2.24) is 14.9 Å². The predicted octanol–water partition coefficient (Wildman–Crippen LogP) is 2.07. The van der Waals surface area contributed by atoms with Crippen LogP contribution in [0.2, 0.25) is 0 Å². The van der Waals surface area contributed by atoms with E-state index in [0.717, 1.165) is 42.0 Å². The molecule has 0 atom stereocenters. The average Bonchev–Trinajstić information content (AvgIpc) is 2.48. The molecule has 1 amide bonds. The molecule has 1 saturated heterocycles. The van der Waals surface area contributed by atoms with Crippen LogP contribution >= 0.6 is 0 Å². The van der Waals surface area contributed by atoms with Crippen LogP contribution in [0.25, 0.3) is 11.0 Å². The number of amides is 1. The van der Waals surface area contributed by atoms with Crippen LogP contribution in [-0.2, 0) is 4.74 Å². The van der Waals surface area contributed by atoms with Gasteiger partial charge in [0.25, 0.3) is 5.91 Å². The molecule has 1 fully saturated rings. The summed E-state index contributed by atoms with van der Waals surface area (Å²) in [5.74, 6) is -0.00775. The van der Waals surface area contributed by atoms with E-state index >= 15 is 0 Å². The van der Waals surface area contributed by atoms with Crippen molar-refractivity contribution >= 4 is 16.9 Å². The van der Waals surface area contributed by atoms with Crippen LogP contribution < -0.4 is 0 Å². The van der Waals surface area contributed by atoms with Crippen molar-refractivity contribution < 1.29 is 9.53 Å². The van der Waals surface area contributed by atoms with Crippen molar-refractivity contribution in [2.75, 3.05) is 19.9 Å². The van der Waals surface area contributed by atoms with Gasteiger partial charge in [0, 0.05) is 12.1 Å². The molecule has 5 nitrogen and oxygen atoms in total. The number of carbonyl (C=O) groups is 1. The minimum Gasteiger partial charge on any atom is -0.361 e. The number of fused-ring (bicyclic) bond motifs is 1. The van der Waals surface area contributed by atoms with Crippen molar-refractivity contribution in [2.45, 2.75) is 20.3 Å². The number of aromatic nitrogens is 2. The molecule has 1 aromatic heterocycles. The number of rotatable bonds is 1. The van der Waals surface area contributed by atoms with Crippen molar-refractivity contribution in [3.63, 3.8) is 0 Å². The molecule has 0 bridgehead atoms. The molecular weight excluding hydrogens is 254 g/mol. The smallest absolute Gasteiger partial charge is 0.255 e. The maximum Gasteiger partial charge on any atom is 0.255 e. The van der Waals surface area contributed by atoms with Gasteiger partial charge in [-0.15, -0.1) is 0 Å². The summed E-state index contributed by atoms with van der Waals surface area (Å²) in [6.45, 7) is 5.71. The molecule has 1 aliphatic heterocycles. The highest BCUT2D eigenvalue weighted by Gasteiger charge is 2.19. The zero-order valence-corrected chi connectivity index (χ0v) is 11.7. The number of nitrogens with zero attached hydrogens (tertiary/aromatic N) is 3. The molecule has 0 saturated carbocycles. The van der Waals surface area contributed by atoms with Gasteiger partial charge >= 0.3 is 0 Å². The van der Waals surface area contributed by atoms with E-state index in [4.69, 9.17) is 4.74 Å². The summed E-state index contributed by atoms with van der Waals surface area (Å²) in [6.07, 6.45) is 0.886. The highest BCUT2D eigenvalue weighted by atomic mass is 16.5. The van der Waals surface area contributed by atoms with Crippen LogP contribution in [0.15, 0.2) is 18.2 Å². The van der Waals surface area contributed by atoms with Crippen LogP contribution in [0, 0.1) is 13.8 Å². The molecule has 2 aromatic rings. The van der Waals surface area contributed by atoms with E-state index in [1.165, 1.54) is 0 Å². The molecule has 0 unspecified atom stereocenters. The van der Waals surface area contributed by atoms with E-state index in [1.807, 2.05) is 32.0 Å². The SMILES string of the molecule is Cc1nc2ccc(C(=O)N3CCCOC3)cc2nc1C. The summed E-state index contributed by atoms with van der Waals surface area (Å²) in [6, 6.07) is 5.47. The fourth-order valence-corrected chi connectivity index (χ4v) is 2.30. The van der Waals surface area contributed by atoms with Crippen LogP contribution in [0.4, 0.5) is 0 Å². The summed E-state index contributed by atoms with van der Waals surface area (Å²) >= 11 is 0. The van der Waals surface area contributed by atoms with Gasteiger partial charge in [-0.05, 0) is 38.5 Å². The normalized spacial score (nSPS) is 15.6. The zero-order chi connectivity index (χ0) is 14.1. The molecule has 104 valence electrons. The van der Waals surface area contributed by atoms with Crippen molar-refractivity contribution in [3.8, 4) is 0 Å². The summed E-state index contributed by atoms with van der Waals surface area (Å²) in [5.41, 5.74) is 4.03. The number of aryl methyl sites for hydroxylation is 2. The Morgan fingerprint density at radius 2 is 1.95 bits per heavy atom. The lowest BCUT2D eigenvalue weighted by Gasteiger charge is -2.26. The highest BCUT2D eigenvalue weighted by Crippen LogP contribution is 2.16. The molecule has 1 aliphatic rings. The first kappa shape index (κ1) is 13.0. The Hall–Kier alpha value is -2.01. The van der Waals surface area contributed by atoms with Crippen molar-refractivity contribution in [2.24, 2.45) is 0 Å². The summed E-state index contributed by atoms with van der Waals surface area (Å²) in [7, 11) is 0. The molecule has 0 aliphatic carbocycles. The second-order valence-corrected chi connectivity index (χ2v) is 5.06. The third-order valence-electron chi connectivity index (χ3n) is 3.57. The molecular formula is C15H17N3O2. The van der Waals surface area contributed by atoms with Crippen LogP contribution in [-0.4, -0.2) is 40.7 Å². The van der Waals surface area contributed by atoms with Gasteiger partial charge < -0.3 is 9.64 Å². The molecule has 0 N–H and O–H groups in total. The van der Waals surface area contributed by atoms with E-state index in [1.54, 1.807) is 4.90 Å². The lowest BCUT2D eigenvalue weighted by molar-refractivity contribution is -0.00570. The van der Waals surface area contributed by atoms with Crippen molar-refractivity contribution in [1.29, 1.82) is 0 Å². The minimum atomic E-state index is -0.00775. The molecule has 20 heavy (non-hydrogen) atoms. The number of hydrogen-bond donors (Lipinski definition) is 0. The van der Waals surface area contributed by atoms with E-state index < -0.39 is 0 Å². The van der Waals surface area contributed by atoms with E-state index in [9.17, 15) is 4.79 Å². The second-order valence-electron chi connectivity index (χ2n) is 5.06. The first-order valence-electron chi connectivity index (χ1n) is 6.77. The maximum absolute atomic E-state index is 12.4. The van der Waals surface area contributed by atoms with Gasteiger partial charge in [0.05, 0.1) is 29.0 Å². The van der Waals surface area contributed by atoms with Crippen LogP contribution in [0.3, 0.4) is 0 Å². The van der Waals surface area contributed by atoms with Gasteiger partial charge in [-0.3, -0.25) is 4.79 Å². The monoisotopic (exact) mass is 271 g/mol. The van der Waals surface area contributed by atoms with Crippen LogP contribution in [0.1, 0.15) is 28.2 Å². The predicted molar refractivity (Wildman–Crippen MR) is 75.5 cm³/mol. The van der Waals surface area contributed by atoms with E-state index in [0.29, 0.717) is 12.3 Å². The highest BCUT2D eigenvalue weighted by molar-refractivity contribution is 5.97. The number of benzene rings is 1. The van der Waals surface area contributed by atoms with Gasteiger partial charge in [0.2, 0.25) is 0 Å². The molecule has 3 rings (SSSR count). The van der Waals surface area contributed by atoms with E-state index in [2.05, 4.69) is 9.97 Å². The largest absolute Gasteiger partial charge is 0.361 e. The van der Waals surface area contributed by atoms with Gasteiger partial charge in [0.1, 0.15) is 6.73 Å². The zero-order valence-electron chi connectivity index (χ0n) is 11.7. The Kier molecular flexibility index (Phi) is 3.36. The maximum atomic E-state index is 12.4. The van der Waals surface area contributed by atoms with Gasteiger partial charge in [0.15, 0.2) is 0 Å². The topological polar surface area (TPSA) is 55.3 Å². The first-order valence-corrected chi connectivity index (χ1v) is 6.77. The minimum absolute atomic E-state index is 0.00775. The molecule has 0 spiro atoms. The van der Waals surface area contributed by atoms with Crippen molar-refractivity contribution in [3.05, 3.63) is 35.2 Å². The summed E-state index contributed by atoms with van der Waals surface area (Å²) < 4.78 is 5.32. The summed E-state index contributed by atoms with van der Waals surface area (Å²) in [5, 5.41) is 0. The lowest BCUT2D eigenvalue weighted by atomic mass is 10.1. The number of carbonyl (C=O) groups excluding carboxylic acids is 1. The Morgan fingerprint density at radius 1 is 1.20 bits per heavy atom. The molecule has 1 aromatic carbocycles. The van der Waals surface area contributed by atoms with Gasteiger partial charge in [-0.25, -0.2) is 9.97 Å². The first-order chi connectivity index (χ1) is 9.65. The Balaban J connectivity index is 1.95. The average molecular weight is 271 g/mol. The molecule has 5 heteroatoms. The third kappa shape index (κ3) is 2.36. The lowest BCUT2D eigenvalue weighted by Crippen LogP contribution is -2.38. The van der Waals surface area contributed by atoms with Gasteiger partial charge in [-0.2, -0.15) is 0 Å². The fourth-order valence-electron chi connectivity index (χ4n) is 2.30. The summed E-state index contributed by atoms with van der Waals surface area (Å²) in [4.78, 5) is 23.1. The Labute approximate surface area is 117 Å². The van der Waals surface area contributed by atoms with Gasteiger partial charge in [-0.1, -0.05) is 0 Å². The fraction of sp³-hybridized carbons (Fsp3) is 0.400. The van der Waals surface area contributed by atoms with Crippen LogP contribution in [0.5, 0.6) is 0 Å². The molecule has 2 heterocycles. The second kappa shape index (κ2) is 5.17. The quantitative estimate of drug-likeness (QED) is 0.796. The number of hydrogen-bond acceptors (Lipinski definition) is 4. The van der Waals surface area contributed by atoms with E-state index in [-0.39, 0.29) is 5.91 Å². The Bertz CT molecular complexity index is 663.